The molecule has 8 nitrogen and oxygen atoms in total. The van der Waals surface area contributed by atoms with E-state index in [2.05, 4.69) is 29.4 Å². The molecular weight excluding hydrogens is 412 g/mol. The second-order valence-electron chi connectivity index (χ2n) is 9.34. The predicted octanol–water partition coefficient (Wildman–Crippen LogP) is 1.24. The zero-order valence-electron chi connectivity index (χ0n) is 18.4. The van der Waals surface area contributed by atoms with Gasteiger partial charge >= 0.3 is 5.97 Å². The number of carbonyl (C=O) groups excluding carboxylic acids is 1. The lowest BCUT2D eigenvalue weighted by Crippen LogP contribution is -2.64. The summed E-state index contributed by atoms with van der Waals surface area (Å²) in [4.78, 5) is 23.0. The summed E-state index contributed by atoms with van der Waals surface area (Å²) in [6.07, 6.45) is 6.33. The van der Waals surface area contributed by atoms with E-state index < -0.39 is 18.1 Å². The largest absolute Gasteiger partial charge is 0.490 e. The minimum Gasteiger partial charge on any atom is -0.490 e. The highest BCUT2D eigenvalue weighted by Crippen LogP contribution is 2.62. The number of likely N-dealkylation sites (tertiary alicyclic amines) is 1. The molecule has 0 aromatic heterocycles. The van der Waals surface area contributed by atoms with Gasteiger partial charge in [-0.25, -0.2) is 4.79 Å². The van der Waals surface area contributed by atoms with E-state index in [1.54, 1.807) is 0 Å². The van der Waals surface area contributed by atoms with Crippen LogP contribution < -0.4 is 14.8 Å². The van der Waals surface area contributed by atoms with Gasteiger partial charge in [-0.2, -0.15) is 0 Å². The number of aliphatic hydroxyl groups excluding tert-OH is 1. The van der Waals surface area contributed by atoms with Gasteiger partial charge in [-0.15, -0.1) is 0 Å². The number of rotatable bonds is 3. The lowest BCUT2D eigenvalue weighted by atomic mass is 9.53. The van der Waals surface area contributed by atoms with Crippen LogP contribution in [0.5, 0.6) is 11.5 Å². The first-order valence-electron chi connectivity index (χ1n) is 11.4. The Morgan fingerprint density at radius 2 is 2.19 bits per heavy atom. The molecule has 2 fully saturated rings. The van der Waals surface area contributed by atoms with E-state index >= 15 is 0 Å². The van der Waals surface area contributed by atoms with Crippen molar-refractivity contribution in [3.05, 3.63) is 35.4 Å². The van der Waals surface area contributed by atoms with Crippen molar-refractivity contribution in [3.8, 4) is 11.5 Å². The second-order valence-corrected chi connectivity index (χ2v) is 9.34. The van der Waals surface area contributed by atoms with Crippen LogP contribution in [0.15, 0.2) is 24.3 Å². The summed E-state index contributed by atoms with van der Waals surface area (Å²) in [5.74, 6) is 1.03. The van der Waals surface area contributed by atoms with Crippen molar-refractivity contribution < 1.29 is 29.3 Å². The van der Waals surface area contributed by atoms with E-state index in [1.807, 2.05) is 19.1 Å². The molecule has 1 amide bonds. The maximum absolute atomic E-state index is 10.6. The molecule has 3 aliphatic heterocycles. The molecule has 1 unspecified atom stereocenters. The number of aliphatic carboxylic acids is 1. The molecule has 3 N–H and O–H groups in total. The molecule has 1 aromatic carbocycles. The lowest BCUT2D eigenvalue weighted by molar-refractivity contribution is -0.140. The molecule has 2 saturated heterocycles. The molecule has 6 atom stereocenters. The minimum absolute atomic E-state index is 0.0820. The quantitative estimate of drug-likeness (QED) is 0.605. The van der Waals surface area contributed by atoms with Gasteiger partial charge in [-0.3, -0.25) is 4.79 Å². The molecule has 8 heteroatoms. The molecule has 3 heterocycles. The highest BCUT2D eigenvalue weighted by molar-refractivity contribution is 5.87. The Morgan fingerprint density at radius 1 is 1.38 bits per heavy atom. The number of likely N-dealkylation sites (N-methyl/N-ethyl adjacent to an activating group) is 1. The van der Waals surface area contributed by atoms with Crippen molar-refractivity contribution in [2.24, 2.45) is 5.92 Å². The average Bonchev–Trinajstić information content (AvgIpc) is 3.36. The third kappa shape index (κ3) is 3.03. The van der Waals surface area contributed by atoms with Crippen molar-refractivity contribution in [1.29, 1.82) is 0 Å². The minimum atomic E-state index is -0.944. The van der Waals surface area contributed by atoms with Crippen LogP contribution in [-0.2, 0) is 21.4 Å². The topological polar surface area (TPSA) is 108 Å². The van der Waals surface area contributed by atoms with Gasteiger partial charge < -0.3 is 29.9 Å². The van der Waals surface area contributed by atoms with Crippen LogP contribution in [0.25, 0.3) is 0 Å². The Morgan fingerprint density at radius 3 is 2.84 bits per heavy atom. The Kier molecular flexibility index (Phi) is 5.17. The van der Waals surface area contributed by atoms with Crippen molar-refractivity contribution >= 4 is 11.9 Å². The Balaban J connectivity index is 0.000000203. The van der Waals surface area contributed by atoms with E-state index in [-0.39, 0.29) is 17.4 Å². The number of hydrogen-bond donors (Lipinski definition) is 3. The summed E-state index contributed by atoms with van der Waals surface area (Å²) in [7, 11) is 2.22. The lowest BCUT2D eigenvalue weighted by Gasteiger charge is -2.56. The van der Waals surface area contributed by atoms with Crippen molar-refractivity contribution in [2.45, 2.75) is 62.3 Å². The standard InChI is InChI=1S/C19H23NO3.C5H7NO3/c1-3-22-15-7-4-11-10-13-12-5-6-14(21)18-19(12,8-9-20(13)2)16(11)17(15)23-18;7-4-2-1-3(6-4)5(8)9/h4-7,12-14,18,21H,3,8-10H2,1-2H3;3H,1-2H2,(H,6,7)(H,8,9)/t12-,13+,14?,18-,19-;3-/m00/s1. The first kappa shape index (κ1) is 21.3. The number of piperidine rings is 1. The summed E-state index contributed by atoms with van der Waals surface area (Å²) in [5.41, 5.74) is 2.62. The molecule has 5 aliphatic rings. The van der Waals surface area contributed by atoms with Crippen LogP contribution in [0, 0.1) is 5.92 Å². The summed E-state index contributed by atoms with van der Waals surface area (Å²) < 4.78 is 12.2. The number of carboxylic acid groups (broad SMARTS) is 1. The molecule has 172 valence electrons. The van der Waals surface area contributed by atoms with E-state index in [4.69, 9.17) is 14.6 Å². The highest BCUT2D eigenvalue weighted by Gasteiger charge is 2.64. The van der Waals surface area contributed by atoms with Gasteiger partial charge in [0.2, 0.25) is 5.91 Å². The number of amides is 1. The summed E-state index contributed by atoms with van der Waals surface area (Å²) in [6.45, 7) is 3.68. The van der Waals surface area contributed by atoms with E-state index in [9.17, 15) is 14.7 Å². The van der Waals surface area contributed by atoms with Crippen LogP contribution in [0.1, 0.15) is 37.3 Å². The Bertz CT molecular complexity index is 977. The molecule has 0 saturated carbocycles. The third-order valence-electron chi connectivity index (χ3n) is 7.73. The van der Waals surface area contributed by atoms with Crippen LogP contribution >= 0.6 is 0 Å². The van der Waals surface area contributed by atoms with Gasteiger partial charge in [-0.1, -0.05) is 18.2 Å². The molecule has 2 bridgehead atoms. The zero-order valence-corrected chi connectivity index (χ0v) is 18.4. The monoisotopic (exact) mass is 442 g/mol. The summed E-state index contributed by atoms with van der Waals surface area (Å²) >= 11 is 0. The first-order chi connectivity index (χ1) is 15.4. The number of aliphatic hydroxyl groups is 1. The Hall–Kier alpha value is -2.58. The fourth-order valence-corrected chi connectivity index (χ4v) is 6.30. The van der Waals surface area contributed by atoms with E-state index in [0.717, 1.165) is 30.9 Å². The average molecular weight is 443 g/mol. The molecule has 1 spiro atoms. The van der Waals surface area contributed by atoms with Crippen LogP contribution in [0.3, 0.4) is 0 Å². The SMILES string of the molecule is CCOc1ccc2c3c1O[C@H]1C(O)C=C[C@H]4[C@@H](C2)N(C)CC[C@]314.O=C1CC[C@@H](C(=O)O)N1. The van der Waals surface area contributed by atoms with Gasteiger partial charge in [0.15, 0.2) is 11.5 Å². The first-order valence-corrected chi connectivity index (χ1v) is 11.4. The van der Waals surface area contributed by atoms with Gasteiger partial charge in [0.05, 0.1) is 6.61 Å². The van der Waals surface area contributed by atoms with Crippen molar-refractivity contribution in [1.82, 2.24) is 10.2 Å². The van der Waals surface area contributed by atoms with Gasteiger partial charge in [0, 0.05) is 29.4 Å². The molecule has 2 aliphatic carbocycles. The smallest absolute Gasteiger partial charge is 0.326 e. The maximum atomic E-state index is 10.6. The molecule has 0 radical (unpaired) electrons. The number of benzene rings is 1. The fraction of sp³-hybridized carbons (Fsp3) is 0.583. The Labute approximate surface area is 187 Å². The number of carboxylic acids is 1. The predicted molar refractivity (Wildman–Crippen MR) is 116 cm³/mol. The van der Waals surface area contributed by atoms with Crippen molar-refractivity contribution in [2.75, 3.05) is 20.2 Å². The highest BCUT2D eigenvalue weighted by atomic mass is 16.5. The normalized spacial score (nSPS) is 35.8. The third-order valence-corrected chi connectivity index (χ3v) is 7.73. The van der Waals surface area contributed by atoms with E-state index in [0.29, 0.717) is 31.4 Å². The van der Waals surface area contributed by atoms with Crippen LogP contribution in [-0.4, -0.2) is 71.5 Å². The summed E-state index contributed by atoms with van der Waals surface area (Å²) in [6, 6.07) is 4.11. The van der Waals surface area contributed by atoms with Gasteiger partial charge in [0.25, 0.3) is 0 Å². The number of nitrogens with zero attached hydrogens (tertiary/aromatic N) is 1. The van der Waals surface area contributed by atoms with Gasteiger partial charge in [0.1, 0.15) is 18.2 Å². The van der Waals surface area contributed by atoms with Gasteiger partial charge in [-0.05, 0) is 51.4 Å². The molecular formula is C24H30N2O6. The zero-order chi connectivity index (χ0) is 22.6. The van der Waals surface area contributed by atoms with Crippen LogP contribution in [0.4, 0.5) is 0 Å². The molecule has 1 aromatic rings. The van der Waals surface area contributed by atoms with Crippen LogP contribution in [0.2, 0.25) is 0 Å². The van der Waals surface area contributed by atoms with E-state index in [1.165, 1.54) is 11.1 Å². The number of nitrogens with one attached hydrogen (secondary N) is 1. The number of hydrogen-bond acceptors (Lipinski definition) is 6. The second kappa shape index (κ2) is 7.78. The van der Waals surface area contributed by atoms with Crippen molar-refractivity contribution in [3.63, 3.8) is 0 Å². The number of carbonyl (C=O) groups is 2. The number of ether oxygens (including phenoxy) is 2. The summed E-state index contributed by atoms with van der Waals surface area (Å²) in [5, 5.41) is 21.2. The maximum Gasteiger partial charge on any atom is 0.326 e. The molecule has 32 heavy (non-hydrogen) atoms. The molecule has 6 rings (SSSR count). The fourth-order valence-electron chi connectivity index (χ4n) is 6.30.